The molecule has 2 N–H and O–H groups in total. The maximum atomic E-state index is 5.72. The highest BCUT2D eigenvalue weighted by Gasteiger charge is 2.10. The Morgan fingerprint density at radius 2 is 2.00 bits per heavy atom. The summed E-state index contributed by atoms with van der Waals surface area (Å²) in [5.74, 6) is 1.21. The van der Waals surface area contributed by atoms with E-state index in [4.69, 9.17) is 5.73 Å². The summed E-state index contributed by atoms with van der Waals surface area (Å²) in [7, 11) is 1.95. The van der Waals surface area contributed by atoms with Crippen LogP contribution in [0.15, 0.2) is 35.3 Å². The molecule has 0 spiro atoms. The fourth-order valence-corrected chi connectivity index (χ4v) is 1.98. The normalized spacial score (nSPS) is 10.2. The van der Waals surface area contributed by atoms with Crippen LogP contribution < -0.4 is 10.6 Å². The number of aromatic nitrogens is 3. The average Bonchev–Trinajstić information content (AvgIpc) is 2.34. The lowest BCUT2D eigenvalue weighted by molar-refractivity contribution is 0.885. The van der Waals surface area contributed by atoms with Gasteiger partial charge in [0, 0.05) is 26.0 Å². The lowest BCUT2D eigenvalue weighted by atomic mass is 10.2. The summed E-state index contributed by atoms with van der Waals surface area (Å²) in [4.78, 5) is 14.1. The van der Waals surface area contributed by atoms with Crippen LogP contribution in [0, 0.1) is 0 Å². The molecule has 2 aromatic rings. The average molecular weight is 294 g/mol. The molecule has 2 rings (SSSR count). The summed E-state index contributed by atoms with van der Waals surface area (Å²) < 4.78 is 0.719. The van der Waals surface area contributed by atoms with Gasteiger partial charge in [-0.25, -0.2) is 9.97 Å². The third kappa shape index (κ3) is 2.71. The van der Waals surface area contributed by atoms with Gasteiger partial charge in [-0.05, 0) is 33.6 Å². The van der Waals surface area contributed by atoms with Gasteiger partial charge in [0.15, 0.2) is 0 Å². The predicted molar refractivity (Wildman–Crippen MR) is 70.5 cm³/mol. The second-order valence-electron chi connectivity index (χ2n) is 3.61. The number of nitrogen functional groups attached to an aromatic ring is 1. The molecule has 0 aliphatic heterocycles. The molecule has 0 radical (unpaired) electrons. The summed E-state index contributed by atoms with van der Waals surface area (Å²) in [6, 6.07) is 3.93. The number of nitrogens with zero attached hydrogens (tertiary/aromatic N) is 4. The number of hydrogen-bond donors (Lipinski definition) is 1. The van der Waals surface area contributed by atoms with Crippen LogP contribution in [0.4, 0.5) is 11.6 Å². The van der Waals surface area contributed by atoms with Crippen LogP contribution in [0.2, 0.25) is 0 Å². The number of anilines is 2. The number of hydrogen-bond acceptors (Lipinski definition) is 5. The molecule has 0 saturated heterocycles. The molecular formula is C11H12BrN5. The second-order valence-corrected chi connectivity index (χ2v) is 4.40. The van der Waals surface area contributed by atoms with E-state index in [1.54, 1.807) is 12.4 Å². The highest BCUT2D eigenvalue weighted by atomic mass is 79.9. The molecule has 5 nitrogen and oxygen atoms in total. The number of halogens is 1. The molecule has 0 fully saturated rings. The lowest BCUT2D eigenvalue weighted by Gasteiger charge is -2.19. The van der Waals surface area contributed by atoms with E-state index in [0.717, 1.165) is 22.4 Å². The molecule has 0 aliphatic carbocycles. The zero-order valence-electron chi connectivity index (χ0n) is 9.34. The van der Waals surface area contributed by atoms with Crippen LogP contribution in [-0.2, 0) is 6.54 Å². The van der Waals surface area contributed by atoms with Crippen molar-refractivity contribution in [1.82, 2.24) is 15.0 Å². The van der Waals surface area contributed by atoms with Gasteiger partial charge in [-0.15, -0.1) is 0 Å². The molecule has 2 aromatic heterocycles. The zero-order valence-corrected chi connectivity index (χ0v) is 10.9. The summed E-state index contributed by atoms with van der Waals surface area (Å²) >= 11 is 3.39. The summed E-state index contributed by atoms with van der Waals surface area (Å²) in [5, 5.41) is 0. The number of pyridine rings is 1. The van der Waals surface area contributed by atoms with E-state index in [1.165, 1.54) is 6.33 Å². The Morgan fingerprint density at radius 3 is 2.71 bits per heavy atom. The van der Waals surface area contributed by atoms with Gasteiger partial charge in [-0.2, -0.15) is 0 Å². The number of nitrogens with two attached hydrogens (primary N) is 1. The van der Waals surface area contributed by atoms with E-state index in [2.05, 4.69) is 30.9 Å². The minimum Gasteiger partial charge on any atom is -0.383 e. The molecule has 0 amide bonds. The number of rotatable bonds is 3. The highest BCUT2D eigenvalue weighted by molar-refractivity contribution is 9.10. The van der Waals surface area contributed by atoms with E-state index in [0.29, 0.717) is 5.82 Å². The van der Waals surface area contributed by atoms with Crippen LogP contribution in [0.3, 0.4) is 0 Å². The van der Waals surface area contributed by atoms with E-state index < -0.39 is 0 Å². The van der Waals surface area contributed by atoms with Crippen LogP contribution >= 0.6 is 15.9 Å². The molecule has 0 aliphatic rings. The van der Waals surface area contributed by atoms with Crippen LogP contribution in [0.25, 0.3) is 0 Å². The van der Waals surface area contributed by atoms with Gasteiger partial charge in [0.1, 0.15) is 22.4 Å². The van der Waals surface area contributed by atoms with Gasteiger partial charge in [0.25, 0.3) is 0 Å². The molecule has 0 bridgehead atoms. The second kappa shape index (κ2) is 5.09. The van der Waals surface area contributed by atoms with Crippen molar-refractivity contribution in [2.24, 2.45) is 0 Å². The third-order valence-electron chi connectivity index (χ3n) is 2.33. The minimum atomic E-state index is 0.441. The maximum Gasteiger partial charge on any atom is 0.148 e. The Kier molecular flexibility index (Phi) is 3.53. The molecule has 0 saturated carbocycles. The largest absolute Gasteiger partial charge is 0.383 e. The molecule has 2 heterocycles. The molecule has 0 atom stereocenters. The van der Waals surface area contributed by atoms with Gasteiger partial charge in [0.2, 0.25) is 0 Å². The van der Waals surface area contributed by atoms with Gasteiger partial charge in [0.05, 0.1) is 0 Å². The molecular weight excluding hydrogens is 282 g/mol. The van der Waals surface area contributed by atoms with Crippen molar-refractivity contribution in [3.63, 3.8) is 0 Å². The Morgan fingerprint density at radius 1 is 1.29 bits per heavy atom. The van der Waals surface area contributed by atoms with Gasteiger partial charge < -0.3 is 10.6 Å². The molecule has 17 heavy (non-hydrogen) atoms. The molecule has 88 valence electrons. The molecule has 0 unspecified atom stereocenters. The van der Waals surface area contributed by atoms with Crippen LogP contribution in [-0.4, -0.2) is 22.0 Å². The highest BCUT2D eigenvalue weighted by Crippen LogP contribution is 2.27. The van der Waals surface area contributed by atoms with Crippen molar-refractivity contribution < 1.29 is 0 Å². The van der Waals surface area contributed by atoms with E-state index in [1.807, 2.05) is 24.1 Å². The quantitative estimate of drug-likeness (QED) is 0.935. The fraction of sp³-hybridized carbons (Fsp3) is 0.182. The topological polar surface area (TPSA) is 67.9 Å². The minimum absolute atomic E-state index is 0.441. The molecule has 6 heteroatoms. The van der Waals surface area contributed by atoms with E-state index >= 15 is 0 Å². The lowest BCUT2D eigenvalue weighted by Crippen LogP contribution is -2.18. The summed E-state index contributed by atoms with van der Waals surface area (Å²) in [6.45, 7) is 0.734. The molecule has 0 aromatic carbocycles. The third-order valence-corrected chi connectivity index (χ3v) is 3.09. The Hall–Kier alpha value is -1.69. The van der Waals surface area contributed by atoms with Crippen molar-refractivity contribution in [1.29, 1.82) is 0 Å². The smallest absolute Gasteiger partial charge is 0.148 e. The SMILES string of the molecule is CN(Cc1ccncc1)c1ncnc(N)c1Br. The Bertz CT molecular complexity index is 502. The first-order valence-corrected chi connectivity index (χ1v) is 5.84. The van der Waals surface area contributed by atoms with Gasteiger partial charge in [-0.1, -0.05) is 0 Å². The maximum absolute atomic E-state index is 5.72. The van der Waals surface area contributed by atoms with Gasteiger partial charge in [-0.3, -0.25) is 4.98 Å². The predicted octanol–water partition coefficient (Wildman–Crippen LogP) is 1.85. The first-order valence-electron chi connectivity index (χ1n) is 5.04. The van der Waals surface area contributed by atoms with Gasteiger partial charge >= 0.3 is 0 Å². The summed E-state index contributed by atoms with van der Waals surface area (Å²) in [6.07, 6.45) is 5.00. The van der Waals surface area contributed by atoms with Crippen molar-refractivity contribution in [3.05, 3.63) is 40.9 Å². The van der Waals surface area contributed by atoms with E-state index in [-0.39, 0.29) is 0 Å². The zero-order chi connectivity index (χ0) is 12.3. The first-order chi connectivity index (χ1) is 8.18. The van der Waals surface area contributed by atoms with Crippen molar-refractivity contribution in [2.75, 3.05) is 17.7 Å². The van der Waals surface area contributed by atoms with Crippen molar-refractivity contribution >= 4 is 27.6 Å². The standard InChI is InChI=1S/C11H12BrN5/c1-17(6-8-2-4-14-5-3-8)11-9(12)10(13)15-7-16-11/h2-5,7H,6H2,1H3,(H2,13,15,16). The van der Waals surface area contributed by atoms with Crippen LogP contribution in [0.5, 0.6) is 0 Å². The van der Waals surface area contributed by atoms with Crippen molar-refractivity contribution in [2.45, 2.75) is 6.54 Å². The van der Waals surface area contributed by atoms with Crippen LogP contribution in [0.1, 0.15) is 5.56 Å². The Labute approximate surface area is 108 Å². The van der Waals surface area contributed by atoms with Crippen molar-refractivity contribution in [3.8, 4) is 0 Å². The fourth-order valence-electron chi connectivity index (χ4n) is 1.48. The first kappa shape index (κ1) is 11.8. The summed E-state index contributed by atoms with van der Waals surface area (Å²) in [5.41, 5.74) is 6.88. The monoisotopic (exact) mass is 293 g/mol. The Balaban J connectivity index is 2.20. The van der Waals surface area contributed by atoms with E-state index in [9.17, 15) is 0 Å².